The molecule has 1 unspecified atom stereocenters. The Hall–Kier alpha value is -1.81. The Balaban J connectivity index is 1.98. The van der Waals surface area contributed by atoms with Gasteiger partial charge in [-0.2, -0.15) is 0 Å². The average molecular weight is 258 g/mol. The summed E-state index contributed by atoms with van der Waals surface area (Å²) >= 11 is 0. The first-order chi connectivity index (χ1) is 9.31. The Kier molecular flexibility index (Phi) is 3.25. The molecule has 100 valence electrons. The van der Waals surface area contributed by atoms with E-state index in [-0.39, 0.29) is 11.8 Å². The van der Waals surface area contributed by atoms with Crippen LogP contribution in [-0.4, -0.2) is 30.5 Å². The van der Waals surface area contributed by atoms with Crippen molar-refractivity contribution < 1.29 is 9.53 Å². The third kappa shape index (κ3) is 2.12. The predicted molar refractivity (Wildman–Crippen MR) is 74.8 cm³/mol. The SMILES string of the molecule is COc1cccc2c(C(=O)C3CCCCN3)c[nH]c12. The number of fused-ring (bicyclic) bond motifs is 1. The molecule has 1 aromatic heterocycles. The van der Waals surface area contributed by atoms with Gasteiger partial charge in [-0.05, 0) is 25.5 Å². The minimum Gasteiger partial charge on any atom is -0.495 e. The summed E-state index contributed by atoms with van der Waals surface area (Å²) in [4.78, 5) is 15.7. The Labute approximate surface area is 112 Å². The first kappa shape index (κ1) is 12.2. The van der Waals surface area contributed by atoms with Gasteiger partial charge in [0.1, 0.15) is 5.75 Å². The normalized spacial score (nSPS) is 19.5. The van der Waals surface area contributed by atoms with Gasteiger partial charge in [0.15, 0.2) is 5.78 Å². The van der Waals surface area contributed by atoms with Crippen molar-refractivity contribution in [1.29, 1.82) is 0 Å². The predicted octanol–water partition coefficient (Wildman–Crippen LogP) is 2.50. The highest BCUT2D eigenvalue weighted by Gasteiger charge is 2.24. The van der Waals surface area contributed by atoms with Crippen LogP contribution in [0.2, 0.25) is 0 Å². The van der Waals surface area contributed by atoms with Crippen LogP contribution in [0.15, 0.2) is 24.4 Å². The minimum absolute atomic E-state index is 0.0426. The number of hydrogen-bond donors (Lipinski definition) is 2. The van der Waals surface area contributed by atoms with Crippen molar-refractivity contribution in [1.82, 2.24) is 10.3 Å². The summed E-state index contributed by atoms with van der Waals surface area (Å²) in [6, 6.07) is 5.73. The number of methoxy groups -OCH3 is 1. The highest BCUT2D eigenvalue weighted by molar-refractivity contribution is 6.11. The van der Waals surface area contributed by atoms with Gasteiger partial charge in [0.05, 0.1) is 18.7 Å². The number of benzene rings is 1. The van der Waals surface area contributed by atoms with Gasteiger partial charge >= 0.3 is 0 Å². The quantitative estimate of drug-likeness (QED) is 0.832. The lowest BCUT2D eigenvalue weighted by Crippen LogP contribution is -2.40. The molecule has 1 fully saturated rings. The standard InChI is InChI=1S/C15H18N2O2/c1-19-13-7-4-5-10-11(9-17-14(10)13)15(18)12-6-2-3-8-16-12/h4-5,7,9,12,16-17H,2-3,6,8H2,1H3. The second kappa shape index (κ2) is 5.05. The van der Waals surface area contributed by atoms with E-state index in [1.165, 1.54) is 0 Å². The number of hydrogen-bond acceptors (Lipinski definition) is 3. The molecule has 1 atom stereocenters. The number of H-pyrrole nitrogens is 1. The number of aromatic nitrogens is 1. The highest BCUT2D eigenvalue weighted by Crippen LogP contribution is 2.28. The molecule has 1 aromatic carbocycles. The van der Waals surface area contributed by atoms with Crippen molar-refractivity contribution >= 4 is 16.7 Å². The number of carbonyl (C=O) groups is 1. The fraction of sp³-hybridized carbons (Fsp3) is 0.400. The zero-order valence-corrected chi connectivity index (χ0v) is 11.0. The maximum atomic E-state index is 12.6. The van der Waals surface area contributed by atoms with Crippen molar-refractivity contribution in [2.45, 2.75) is 25.3 Å². The molecule has 2 heterocycles. The second-order valence-corrected chi connectivity index (χ2v) is 4.95. The Morgan fingerprint density at radius 3 is 3.00 bits per heavy atom. The molecule has 0 aliphatic carbocycles. The minimum atomic E-state index is -0.0426. The number of carbonyl (C=O) groups excluding carboxylic acids is 1. The molecule has 2 N–H and O–H groups in total. The lowest BCUT2D eigenvalue weighted by Gasteiger charge is -2.21. The molecule has 0 bridgehead atoms. The molecule has 0 spiro atoms. The highest BCUT2D eigenvalue weighted by atomic mass is 16.5. The largest absolute Gasteiger partial charge is 0.495 e. The van der Waals surface area contributed by atoms with Crippen LogP contribution < -0.4 is 10.1 Å². The van der Waals surface area contributed by atoms with Gasteiger partial charge in [0.2, 0.25) is 0 Å². The summed E-state index contributed by atoms with van der Waals surface area (Å²) in [6.07, 6.45) is 5.00. The van der Waals surface area contributed by atoms with Gasteiger partial charge in [0.25, 0.3) is 0 Å². The van der Waals surface area contributed by atoms with Crippen LogP contribution in [0.5, 0.6) is 5.75 Å². The third-order valence-electron chi connectivity index (χ3n) is 3.79. The monoisotopic (exact) mass is 258 g/mol. The first-order valence-corrected chi connectivity index (χ1v) is 6.73. The third-order valence-corrected chi connectivity index (χ3v) is 3.79. The number of Topliss-reactive ketones (excluding diaryl/α,β-unsaturated/α-hetero) is 1. The van der Waals surface area contributed by atoms with Crippen LogP contribution in [0.4, 0.5) is 0 Å². The van der Waals surface area contributed by atoms with Gasteiger partial charge in [-0.3, -0.25) is 4.79 Å². The molecule has 3 rings (SSSR count). The van der Waals surface area contributed by atoms with E-state index in [0.717, 1.165) is 48.0 Å². The van der Waals surface area contributed by atoms with E-state index >= 15 is 0 Å². The fourth-order valence-electron chi connectivity index (χ4n) is 2.76. The lowest BCUT2D eigenvalue weighted by atomic mass is 9.96. The molecule has 1 aliphatic rings. The van der Waals surface area contributed by atoms with Gasteiger partial charge in [-0.1, -0.05) is 18.6 Å². The fourth-order valence-corrected chi connectivity index (χ4v) is 2.76. The average Bonchev–Trinajstić information content (AvgIpc) is 2.91. The van der Waals surface area contributed by atoms with Crippen LogP contribution in [0.1, 0.15) is 29.6 Å². The van der Waals surface area contributed by atoms with Crippen molar-refractivity contribution in [3.63, 3.8) is 0 Å². The van der Waals surface area contributed by atoms with Crippen LogP contribution in [0.3, 0.4) is 0 Å². The molecule has 19 heavy (non-hydrogen) atoms. The lowest BCUT2D eigenvalue weighted by molar-refractivity contribution is 0.0929. The number of para-hydroxylation sites is 1. The molecule has 0 amide bonds. The summed E-state index contributed by atoms with van der Waals surface area (Å²) in [5, 5.41) is 4.25. The van der Waals surface area contributed by atoms with Crippen LogP contribution in [0.25, 0.3) is 10.9 Å². The molecular formula is C15H18N2O2. The van der Waals surface area contributed by atoms with E-state index in [0.29, 0.717) is 0 Å². The van der Waals surface area contributed by atoms with Crippen molar-refractivity contribution in [3.8, 4) is 5.75 Å². The number of aromatic amines is 1. The number of rotatable bonds is 3. The number of piperidine rings is 1. The van der Waals surface area contributed by atoms with Gasteiger partial charge in [-0.25, -0.2) is 0 Å². The molecular weight excluding hydrogens is 240 g/mol. The Morgan fingerprint density at radius 1 is 1.37 bits per heavy atom. The van der Waals surface area contributed by atoms with E-state index in [9.17, 15) is 4.79 Å². The smallest absolute Gasteiger partial charge is 0.181 e. The molecule has 1 saturated heterocycles. The topological polar surface area (TPSA) is 54.1 Å². The van der Waals surface area contributed by atoms with Gasteiger partial charge in [0, 0.05) is 17.1 Å². The van der Waals surface area contributed by atoms with Crippen LogP contribution in [-0.2, 0) is 0 Å². The number of ether oxygens (including phenoxy) is 1. The van der Waals surface area contributed by atoms with E-state index in [4.69, 9.17) is 4.74 Å². The van der Waals surface area contributed by atoms with E-state index < -0.39 is 0 Å². The molecule has 4 heteroatoms. The van der Waals surface area contributed by atoms with Crippen molar-refractivity contribution in [2.24, 2.45) is 0 Å². The van der Waals surface area contributed by atoms with Crippen LogP contribution >= 0.6 is 0 Å². The molecule has 4 nitrogen and oxygen atoms in total. The summed E-state index contributed by atoms with van der Waals surface area (Å²) in [7, 11) is 1.64. The van der Waals surface area contributed by atoms with Gasteiger partial charge in [-0.15, -0.1) is 0 Å². The Bertz CT molecular complexity index is 597. The summed E-state index contributed by atoms with van der Waals surface area (Å²) < 4.78 is 5.31. The zero-order chi connectivity index (χ0) is 13.2. The summed E-state index contributed by atoms with van der Waals surface area (Å²) in [5.74, 6) is 0.951. The second-order valence-electron chi connectivity index (χ2n) is 4.95. The molecule has 0 saturated carbocycles. The zero-order valence-electron chi connectivity index (χ0n) is 11.0. The van der Waals surface area contributed by atoms with E-state index in [1.807, 2.05) is 18.2 Å². The van der Waals surface area contributed by atoms with Crippen molar-refractivity contribution in [2.75, 3.05) is 13.7 Å². The molecule has 2 aromatic rings. The summed E-state index contributed by atoms with van der Waals surface area (Å²) in [6.45, 7) is 0.933. The Morgan fingerprint density at radius 2 is 2.26 bits per heavy atom. The maximum absolute atomic E-state index is 12.6. The van der Waals surface area contributed by atoms with E-state index in [2.05, 4.69) is 10.3 Å². The summed E-state index contributed by atoms with van der Waals surface area (Å²) in [5.41, 5.74) is 1.65. The number of nitrogens with one attached hydrogen (secondary N) is 2. The first-order valence-electron chi connectivity index (χ1n) is 6.73. The van der Waals surface area contributed by atoms with E-state index in [1.54, 1.807) is 13.3 Å². The number of ketones is 1. The molecule has 1 aliphatic heterocycles. The van der Waals surface area contributed by atoms with Crippen LogP contribution in [0, 0.1) is 0 Å². The van der Waals surface area contributed by atoms with Crippen molar-refractivity contribution in [3.05, 3.63) is 30.0 Å². The van der Waals surface area contributed by atoms with Gasteiger partial charge < -0.3 is 15.0 Å². The maximum Gasteiger partial charge on any atom is 0.181 e. The molecule has 0 radical (unpaired) electrons.